The first-order valence-electron chi connectivity index (χ1n) is 4.59. The summed E-state index contributed by atoms with van der Waals surface area (Å²) in [5.74, 6) is 4.46. The molecule has 1 rings (SSSR count). The molecule has 0 aromatic rings. The largest absolute Gasteiger partial charge is 0.422 e. The van der Waals surface area contributed by atoms with Crippen molar-refractivity contribution in [3.8, 4) is 11.8 Å². The molecule has 0 saturated heterocycles. The van der Waals surface area contributed by atoms with E-state index in [9.17, 15) is 9.90 Å². The number of hydrogen-bond donors (Lipinski definition) is 3. The third kappa shape index (κ3) is 3.21. The molecular weight excluding hydrogens is 212 g/mol. The van der Waals surface area contributed by atoms with Crippen LogP contribution in [0.15, 0.2) is 23.5 Å². The highest BCUT2D eigenvalue weighted by molar-refractivity contribution is 5.86. The Morgan fingerprint density at radius 1 is 1.50 bits per heavy atom. The predicted molar refractivity (Wildman–Crippen MR) is 54.8 cm³/mol. The lowest BCUT2D eigenvalue weighted by molar-refractivity contribution is -0.132. The lowest BCUT2D eigenvalue weighted by atomic mass is 10.1. The van der Waals surface area contributed by atoms with Crippen molar-refractivity contribution in [3.63, 3.8) is 0 Å². The Labute approximate surface area is 92.7 Å². The van der Waals surface area contributed by atoms with E-state index in [1.54, 1.807) is 0 Å². The van der Waals surface area contributed by atoms with Crippen molar-refractivity contribution in [3.05, 3.63) is 23.5 Å². The molecule has 0 aromatic carbocycles. The highest BCUT2D eigenvalue weighted by Crippen LogP contribution is 2.14. The molecule has 0 aromatic heterocycles. The number of esters is 1. The molecule has 0 radical (unpaired) electrons. The number of carbonyl (C=O) groups excluding carboxylic acids is 1. The predicted octanol–water partition coefficient (Wildman–Crippen LogP) is -0.908. The van der Waals surface area contributed by atoms with Crippen LogP contribution >= 0.6 is 0 Å². The molecule has 16 heavy (non-hydrogen) atoms. The van der Waals surface area contributed by atoms with Crippen molar-refractivity contribution in [2.24, 2.45) is 0 Å². The van der Waals surface area contributed by atoms with E-state index >= 15 is 0 Å². The van der Waals surface area contributed by atoms with Gasteiger partial charge in [-0.1, -0.05) is 11.8 Å². The zero-order chi connectivity index (χ0) is 12.2. The fourth-order valence-electron chi connectivity index (χ4n) is 0.911. The van der Waals surface area contributed by atoms with Crippen molar-refractivity contribution >= 4 is 5.97 Å². The first kappa shape index (κ1) is 12.5. The van der Waals surface area contributed by atoms with Gasteiger partial charge in [0, 0.05) is 6.08 Å². The van der Waals surface area contributed by atoms with Gasteiger partial charge in [-0.05, 0) is 13.0 Å². The van der Waals surface area contributed by atoms with Crippen LogP contribution in [0.4, 0.5) is 0 Å². The van der Waals surface area contributed by atoms with Gasteiger partial charge in [-0.3, -0.25) is 0 Å². The fourth-order valence-corrected chi connectivity index (χ4v) is 0.911. The number of ether oxygens (including phenoxy) is 1. The summed E-state index contributed by atoms with van der Waals surface area (Å²) in [7, 11) is 0. The zero-order valence-electron chi connectivity index (χ0n) is 8.73. The van der Waals surface area contributed by atoms with Gasteiger partial charge in [0.25, 0.3) is 0 Å². The molecule has 1 heterocycles. The Kier molecular flexibility index (Phi) is 3.85. The topological polar surface area (TPSA) is 87.0 Å². The van der Waals surface area contributed by atoms with Crippen molar-refractivity contribution in [1.29, 1.82) is 0 Å². The Balaban J connectivity index is 2.93. The molecule has 5 nitrogen and oxygen atoms in total. The minimum atomic E-state index is -1.55. The molecule has 5 heteroatoms. The summed E-state index contributed by atoms with van der Waals surface area (Å²) in [5, 5.41) is 27.2. The number of hydrogen-bond acceptors (Lipinski definition) is 5. The van der Waals surface area contributed by atoms with Gasteiger partial charge in [0.05, 0.1) is 18.8 Å². The second-order valence-corrected chi connectivity index (χ2v) is 3.44. The molecule has 1 atom stereocenters. The smallest absolute Gasteiger partial charge is 0.336 e. The van der Waals surface area contributed by atoms with E-state index in [4.69, 9.17) is 14.9 Å². The second kappa shape index (κ2) is 4.94. The highest BCUT2D eigenvalue weighted by atomic mass is 16.5. The Morgan fingerprint density at radius 3 is 2.62 bits per heavy atom. The van der Waals surface area contributed by atoms with Crippen LogP contribution in [0.2, 0.25) is 0 Å². The Morgan fingerprint density at radius 2 is 2.19 bits per heavy atom. The van der Waals surface area contributed by atoms with Gasteiger partial charge in [0.1, 0.15) is 11.4 Å². The number of aliphatic hydroxyl groups is 3. The van der Waals surface area contributed by atoms with Crippen LogP contribution in [0.3, 0.4) is 0 Å². The van der Waals surface area contributed by atoms with E-state index in [0.717, 1.165) is 0 Å². The maximum Gasteiger partial charge on any atom is 0.336 e. The molecule has 0 fully saturated rings. The molecule has 1 aliphatic rings. The molecule has 0 spiro atoms. The summed E-state index contributed by atoms with van der Waals surface area (Å²) in [6, 6.07) is 0. The Hall–Kier alpha value is -1.61. The second-order valence-electron chi connectivity index (χ2n) is 3.44. The van der Waals surface area contributed by atoms with E-state index in [2.05, 4.69) is 11.8 Å². The molecule has 0 aliphatic carbocycles. The molecular formula is C11H12O5. The maximum absolute atomic E-state index is 10.8. The molecule has 0 amide bonds. The third-order valence-corrected chi connectivity index (χ3v) is 1.83. The van der Waals surface area contributed by atoms with Gasteiger partial charge >= 0.3 is 5.97 Å². The van der Waals surface area contributed by atoms with Crippen LogP contribution < -0.4 is 0 Å². The van der Waals surface area contributed by atoms with Gasteiger partial charge in [0.15, 0.2) is 0 Å². The molecule has 86 valence electrons. The van der Waals surface area contributed by atoms with Crippen molar-refractivity contribution in [2.75, 3.05) is 13.2 Å². The lowest BCUT2D eigenvalue weighted by Crippen LogP contribution is -2.26. The molecule has 0 saturated carbocycles. The van der Waals surface area contributed by atoms with Gasteiger partial charge < -0.3 is 20.1 Å². The standard InChI is InChI=1S/C11H12O5/c1-11(15,7-13)5-4-8(6-12)9-2-3-10(14)16-9/h2-3,12-13,15H,6-7H2,1H3. The highest BCUT2D eigenvalue weighted by Gasteiger charge is 2.16. The van der Waals surface area contributed by atoms with Crippen molar-refractivity contribution in [1.82, 2.24) is 0 Å². The zero-order valence-corrected chi connectivity index (χ0v) is 8.73. The van der Waals surface area contributed by atoms with Crippen molar-refractivity contribution in [2.45, 2.75) is 12.5 Å². The third-order valence-electron chi connectivity index (χ3n) is 1.83. The minimum Gasteiger partial charge on any atom is -0.422 e. The van der Waals surface area contributed by atoms with Gasteiger partial charge in [0.2, 0.25) is 0 Å². The molecule has 3 N–H and O–H groups in total. The molecule has 0 bridgehead atoms. The lowest BCUT2D eigenvalue weighted by Gasteiger charge is -2.11. The SMILES string of the molecule is CC(O)(C#CC(CO)=C1C=CC(=O)O1)CO. The fraction of sp³-hybridized carbons (Fsp3) is 0.364. The summed E-state index contributed by atoms with van der Waals surface area (Å²) >= 11 is 0. The van der Waals surface area contributed by atoms with Gasteiger partial charge in [-0.15, -0.1) is 0 Å². The van der Waals surface area contributed by atoms with Gasteiger partial charge in [-0.25, -0.2) is 4.79 Å². The quantitative estimate of drug-likeness (QED) is 0.417. The van der Waals surface area contributed by atoms with Crippen molar-refractivity contribution < 1.29 is 24.9 Å². The van der Waals surface area contributed by atoms with Gasteiger partial charge in [-0.2, -0.15) is 0 Å². The van der Waals surface area contributed by atoms with Crippen LogP contribution in [0.1, 0.15) is 6.92 Å². The monoisotopic (exact) mass is 224 g/mol. The summed E-state index contributed by atoms with van der Waals surface area (Å²) < 4.78 is 4.74. The average Bonchev–Trinajstić information content (AvgIpc) is 2.66. The van der Waals surface area contributed by atoms with Crippen LogP contribution in [0.5, 0.6) is 0 Å². The first-order valence-corrected chi connectivity index (χ1v) is 4.59. The van der Waals surface area contributed by atoms with E-state index in [1.807, 2.05) is 0 Å². The van der Waals surface area contributed by atoms with Crippen LogP contribution in [0, 0.1) is 11.8 Å². The number of carbonyl (C=O) groups is 1. The van der Waals surface area contributed by atoms with Crippen LogP contribution in [0.25, 0.3) is 0 Å². The summed E-state index contributed by atoms with van der Waals surface area (Å²) in [5.41, 5.74) is -1.37. The molecule has 1 unspecified atom stereocenters. The van der Waals surface area contributed by atoms with Crippen LogP contribution in [-0.2, 0) is 9.53 Å². The number of allylic oxidation sites excluding steroid dienone is 1. The summed E-state index contributed by atoms with van der Waals surface area (Å²) in [6.45, 7) is 0.390. The van der Waals surface area contributed by atoms with E-state index in [-0.39, 0.29) is 11.3 Å². The molecule has 1 aliphatic heterocycles. The van der Waals surface area contributed by atoms with E-state index in [1.165, 1.54) is 19.1 Å². The summed E-state index contributed by atoms with van der Waals surface area (Å²) in [4.78, 5) is 10.8. The number of cyclic esters (lactones) is 1. The normalized spacial score (nSPS) is 20.9. The Bertz CT molecular complexity index is 406. The minimum absolute atomic E-state index is 0.161. The van der Waals surface area contributed by atoms with E-state index < -0.39 is 24.8 Å². The number of rotatable bonds is 2. The summed E-state index contributed by atoms with van der Waals surface area (Å²) in [6.07, 6.45) is 2.59. The van der Waals surface area contributed by atoms with Crippen LogP contribution in [-0.4, -0.2) is 40.1 Å². The maximum atomic E-state index is 10.8. The first-order chi connectivity index (χ1) is 7.48. The van der Waals surface area contributed by atoms with E-state index in [0.29, 0.717) is 0 Å². The number of aliphatic hydroxyl groups excluding tert-OH is 2. The average molecular weight is 224 g/mol.